The van der Waals surface area contributed by atoms with Crippen LogP contribution < -0.4 is 5.56 Å². The van der Waals surface area contributed by atoms with Crippen LogP contribution in [0.2, 0.25) is 0 Å². The molecule has 0 N–H and O–H groups in total. The lowest BCUT2D eigenvalue weighted by Gasteiger charge is -2.14. The fraction of sp³-hybridized carbons (Fsp3) is 0.0952. The maximum absolute atomic E-state index is 12.7. The van der Waals surface area contributed by atoms with Gasteiger partial charge in [-0.15, -0.1) is 5.10 Å². The van der Waals surface area contributed by atoms with E-state index in [0.717, 1.165) is 21.2 Å². The highest BCUT2D eigenvalue weighted by Crippen LogP contribution is 2.24. The van der Waals surface area contributed by atoms with Crippen LogP contribution in [-0.4, -0.2) is 15.0 Å². The van der Waals surface area contributed by atoms with Crippen LogP contribution in [0.4, 0.5) is 0 Å². The number of fused-ring (bicyclic) bond motifs is 1. The molecule has 0 spiro atoms. The lowest BCUT2D eigenvalue weighted by Crippen LogP contribution is -2.27. The second-order valence-electron chi connectivity index (χ2n) is 6.16. The zero-order valence-electron chi connectivity index (χ0n) is 14.1. The summed E-state index contributed by atoms with van der Waals surface area (Å²) in [4.78, 5) is 12.7. The van der Waals surface area contributed by atoms with E-state index in [4.69, 9.17) is 0 Å². The van der Waals surface area contributed by atoms with Gasteiger partial charge in [0.25, 0.3) is 5.56 Å². The van der Waals surface area contributed by atoms with Gasteiger partial charge in [0.05, 0.1) is 11.4 Å². The summed E-state index contributed by atoms with van der Waals surface area (Å²) < 4.78 is 2.50. The van der Waals surface area contributed by atoms with E-state index in [1.54, 1.807) is 12.1 Å². The summed E-state index contributed by atoms with van der Waals surface area (Å²) in [5.74, 6) is 0. The van der Waals surface area contributed by atoms with Crippen LogP contribution >= 0.6 is 15.9 Å². The SMILES string of the molecule is CC(c1ccc(-c2ccc(Br)cc2)cc1)n1nnc2ccccc2c1=O. The molecule has 4 rings (SSSR count). The summed E-state index contributed by atoms with van der Waals surface area (Å²) in [6.45, 7) is 1.96. The Hall–Kier alpha value is -2.79. The quantitative estimate of drug-likeness (QED) is 0.490. The normalized spacial score (nSPS) is 12.2. The molecule has 0 amide bonds. The Labute approximate surface area is 159 Å². The van der Waals surface area contributed by atoms with Gasteiger partial charge in [0.1, 0.15) is 5.52 Å². The van der Waals surface area contributed by atoms with Gasteiger partial charge in [0.15, 0.2) is 0 Å². The van der Waals surface area contributed by atoms with Crippen molar-refractivity contribution in [3.8, 4) is 11.1 Å². The van der Waals surface area contributed by atoms with Crippen molar-refractivity contribution in [2.24, 2.45) is 0 Å². The summed E-state index contributed by atoms with van der Waals surface area (Å²) in [5, 5.41) is 8.88. The predicted octanol–water partition coefficient (Wildman–Crippen LogP) is 4.83. The maximum atomic E-state index is 12.7. The fourth-order valence-electron chi connectivity index (χ4n) is 2.99. The molecule has 3 aromatic carbocycles. The topological polar surface area (TPSA) is 47.8 Å². The number of halogens is 1. The summed E-state index contributed by atoms with van der Waals surface area (Å²) in [5.41, 5.74) is 3.78. The van der Waals surface area contributed by atoms with Crippen LogP contribution in [0.25, 0.3) is 22.0 Å². The van der Waals surface area contributed by atoms with E-state index < -0.39 is 0 Å². The van der Waals surface area contributed by atoms with Crippen LogP contribution in [0.3, 0.4) is 0 Å². The average Bonchev–Trinajstić information content (AvgIpc) is 2.69. The van der Waals surface area contributed by atoms with Gasteiger partial charge in [-0.25, -0.2) is 4.68 Å². The molecular weight excluding hydrogens is 390 g/mol. The van der Waals surface area contributed by atoms with Gasteiger partial charge in [-0.2, -0.15) is 0 Å². The average molecular weight is 406 g/mol. The zero-order chi connectivity index (χ0) is 18.1. The van der Waals surface area contributed by atoms with E-state index in [9.17, 15) is 4.79 Å². The third kappa shape index (κ3) is 3.06. The van der Waals surface area contributed by atoms with Gasteiger partial charge < -0.3 is 0 Å². The van der Waals surface area contributed by atoms with Crippen molar-refractivity contribution in [1.29, 1.82) is 0 Å². The van der Waals surface area contributed by atoms with Crippen LogP contribution in [0.15, 0.2) is 82.1 Å². The minimum Gasteiger partial charge on any atom is -0.267 e. The lowest BCUT2D eigenvalue weighted by atomic mass is 10.0. The second kappa shape index (κ2) is 6.84. The van der Waals surface area contributed by atoms with Gasteiger partial charge in [0, 0.05) is 4.47 Å². The molecule has 5 heteroatoms. The van der Waals surface area contributed by atoms with Gasteiger partial charge in [-0.05, 0) is 47.9 Å². The van der Waals surface area contributed by atoms with Crippen molar-refractivity contribution in [2.45, 2.75) is 13.0 Å². The van der Waals surface area contributed by atoms with Crippen molar-refractivity contribution < 1.29 is 0 Å². The minimum absolute atomic E-state index is 0.125. The first-order valence-corrected chi connectivity index (χ1v) is 9.13. The van der Waals surface area contributed by atoms with Crippen molar-refractivity contribution in [2.75, 3.05) is 0 Å². The molecule has 0 fully saturated rings. The molecule has 0 aliphatic heterocycles. The van der Waals surface area contributed by atoms with Crippen LogP contribution in [-0.2, 0) is 0 Å². The molecular formula is C21H16BrN3O. The molecule has 0 bridgehead atoms. The molecule has 1 heterocycles. The molecule has 4 nitrogen and oxygen atoms in total. The lowest BCUT2D eigenvalue weighted by molar-refractivity contribution is 0.508. The summed E-state index contributed by atoms with van der Waals surface area (Å²) in [6, 6.07) is 23.5. The molecule has 0 saturated heterocycles. The zero-order valence-corrected chi connectivity index (χ0v) is 15.7. The number of hydrogen-bond donors (Lipinski definition) is 0. The Morgan fingerprint density at radius 3 is 2.19 bits per heavy atom. The van der Waals surface area contributed by atoms with Gasteiger partial charge in [0.2, 0.25) is 0 Å². The standard InChI is InChI=1S/C21H16BrN3O/c1-14(25-21(26)19-4-2-3-5-20(19)23-24-25)15-6-8-16(9-7-15)17-10-12-18(22)13-11-17/h2-14H,1H3. The molecule has 26 heavy (non-hydrogen) atoms. The van der Waals surface area contributed by atoms with E-state index in [1.165, 1.54) is 4.68 Å². The molecule has 0 radical (unpaired) electrons. The van der Waals surface area contributed by atoms with E-state index in [-0.39, 0.29) is 11.6 Å². The first-order chi connectivity index (χ1) is 12.6. The Bertz CT molecular complexity index is 1120. The fourth-order valence-corrected chi connectivity index (χ4v) is 3.26. The molecule has 1 unspecified atom stereocenters. The van der Waals surface area contributed by atoms with Gasteiger partial charge in [-0.1, -0.05) is 69.7 Å². The first-order valence-electron chi connectivity index (χ1n) is 8.33. The van der Waals surface area contributed by atoms with Crippen molar-refractivity contribution >= 4 is 26.8 Å². The number of nitrogens with zero attached hydrogens (tertiary/aromatic N) is 3. The van der Waals surface area contributed by atoms with Crippen molar-refractivity contribution in [3.05, 3.63) is 93.2 Å². The molecule has 0 saturated carbocycles. The van der Waals surface area contributed by atoms with Gasteiger partial charge >= 0.3 is 0 Å². The second-order valence-corrected chi connectivity index (χ2v) is 7.08. The monoisotopic (exact) mass is 405 g/mol. The summed E-state index contributed by atoms with van der Waals surface area (Å²) in [6.07, 6.45) is 0. The molecule has 4 aromatic rings. The van der Waals surface area contributed by atoms with Crippen LogP contribution in [0.5, 0.6) is 0 Å². The molecule has 0 aliphatic rings. The Balaban J connectivity index is 1.68. The van der Waals surface area contributed by atoms with E-state index in [1.807, 2.05) is 43.3 Å². The van der Waals surface area contributed by atoms with Gasteiger partial charge in [-0.3, -0.25) is 4.79 Å². The molecule has 0 aliphatic carbocycles. The first kappa shape index (κ1) is 16.7. The number of aromatic nitrogens is 3. The van der Waals surface area contributed by atoms with Crippen LogP contribution in [0, 0.1) is 0 Å². The molecule has 1 atom stereocenters. The minimum atomic E-state index is -0.196. The highest BCUT2D eigenvalue weighted by molar-refractivity contribution is 9.10. The summed E-state index contributed by atoms with van der Waals surface area (Å²) in [7, 11) is 0. The van der Waals surface area contributed by atoms with E-state index >= 15 is 0 Å². The van der Waals surface area contributed by atoms with Crippen molar-refractivity contribution in [1.82, 2.24) is 15.0 Å². The molecule has 128 valence electrons. The van der Waals surface area contributed by atoms with Crippen LogP contribution in [0.1, 0.15) is 18.5 Å². The van der Waals surface area contributed by atoms with Crippen molar-refractivity contribution in [3.63, 3.8) is 0 Å². The Morgan fingerprint density at radius 1 is 0.885 bits per heavy atom. The molecule has 1 aromatic heterocycles. The predicted molar refractivity (Wildman–Crippen MR) is 107 cm³/mol. The summed E-state index contributed by atoms with van der Waals surface area (Å²) >= 11 is 3.45. The number of benzene rings is 3. The number of rotatable bonds is 3. The Kier molecular flexibility index (Phi) is 4.39. The third-order valence-corrected chi connectivity index (χ3v) is 5.06. The smallest absolute Gasteiger partial charge is 0.267 e. The third-order valence-electron chi connectivity index (χ3n) is 4.53. The highest BCUT2D eigenvalue weighted by Gasteiger charge is 2.13. The Morgan fingerprint density at radius 2 is 1.50 bits per heavy atom. The largest absolute Gasteiger partial charge is 0.278 e. The van der Waals surface area contributed by atoms with E-state index in [0.29, 0.717) is 10.9 Å². The highest BCUT2D eigenvalue weighted by atomic mass is 79.9. The number of hydrogen-bond acceptors (Lipinski definition) is 3. The maximum Gasteiger partial charge on any atom is 0.278 e. The van der Waals surface area contributed by atoms with E-state index in [2.05, 4.69) is 50.5 Å².